The largest absolute Gasteiger partial charge is 0.462 e. The van der Waals surface area contributed by atoms with Crippen LogP contribution in [0.5, 0.6) is 0 Å². The maximum atomic E-state index is 12.8. The summed E-state index contributed by atoms with van der Waals surface area (Å²) in [6, 6.07) is 0. The Morgan fingerprint density at radius 3 is 0.556 bits per heavy atom. The fourth-order valence-electron chi connectivity index (χ4n) is 10.4. The van der Waals surface area contributed by atoms with E-state index in [1.165, 1.54) is 289 Å². The molecule has 0 saturated heterocycles. The predicted molar refractivity (Wildman–Crippen MR) is 312 cm³/mol. The van der Waals surface area contributed by atoms with Gasteiger partial charge in [-0.05, 0) is 19.3 Å². The molecular weight excluding hydrogens is 889 g/mol. The summed E-state index contributed by atoms with van der Waals surface area (Å²) in [5, 5.41) is 0. The molecule has 6 heteroatoms. The van der Waals surface area contributed by atoms with Gasteiger partial charge < -0.3 is 14.2 Å². The molecule has 428 valence electrons. The molecule has 0 aromatic carbocycles. The van der Waals surface area contributed by atoms with E-state index in [1.807, 2.05) is 0 Å². The molecule has 0 aliphatic carbocycles. The fraction of sp³-hybridized carbons (Fsp3) is 0.955. The zero-order valence-electron chi connectivity index (χ0n) is 49.2. The van der Waals surface area contributed by atoms with Crippen LogP contribution in [-0.4, -0.2) is 37.2 Å². The SMILES string of the molecule is CCCCCCCCCCCCCCCCCCCCCCCCCCCCCCCCCC(=O)OCC(COC(=O)CCCCCCCCCCCC)OC(=O)CCCCCCCCCCCCCCC. The highest BCUT2D eigenvalue weighted by atomic mass is 16.6. The average Bonchev–Trinajstić information content (AvgIpc) is 3.38. The van der Waals surface area contributed by atoms with Gasteiger partial charge in [0.25, 0.3) is 0 Å². The van der Waals surface area contributed by atoms with Crippen LogP contribution in [0.1, 0.15) is 387 Å². The number of esters is 3. The van der Waals surface area contributed by atoms with E-state index in [1.54, 1.807) is 0 Å². The lowest BCUT2D eigenvalue weighted by molar-refractivity contribution is -0.167. The highest BCUT2D eigenvalue weighted by Crippen LogP contribution is 2.19. The second-order valence-corrected chi connectivity index (χ2v) is 22.8. The molecule has 0 bridgehead atoms. The van der Waals surface area contributed by atoms with Crippen molar-refractivity contribution in [2.45, 2.75) is 393 Å². The van der Waals surface area contributed by atoms with Crippen molar-refractivity contribution in [3.05, 3.63) is 0 Å². The molecule has 0 aliphatic heterocycles. The minimum Gasteiger partial charge on any atom is -0.462 e. The molecule has 0 saturated carbocycles. The van der Waals surface area contributed by atoms with Crippen LogP contribution in [0.25, 0.3) is 0 Å². The van der Waals surface area contributed by atoms with Crippen LogP contribution in [0.15, 0.2) is 0 Å². The Bertz CT molecular complexity index is 1080. The number of unbranched alkanes of at least 4 members (excludes halogenated alkanes) is 51. The Labute approximate surface area is 450 Å². The highest BCUT2D eigenvalue weighted by molar-refractivity contribution is 5.71. The normalized spacial score (nSPS) is 11.9. The number of carbonyl (C=O) groups is 3. The molecule has 0 aromatic heterocycles. The van der Waals surface area contributed by atoms with Gasteiger partial charge in [0.15, 0.2) is 6.10 Å². The summed E-state index contributed by atoms with van der Waals surface area (Å²) in [4.78, 5) is 38.1. The van der Waals surface area contributed by atoms with Gasteiger partial charge >= 0.3 is 17.9 Å². The molecule has 0 aliphatic rings. The van der Waals surface area contributed by atoms with Crippen molar-refractivity contribution >= 4 is 17.9 Å². The van der Waals surface area contributed by atoms with Crippen molar-refractivity contribution in [2.75, 3.05) is 13.2 Å². The number of hydrogen-bond acceptors (Lipinski definition) is 6. The average molecular weight is 1020 g/mol. The third kappa shape index (κ3) is 59.3. The first-order valence-corrected chi connectivity index (χ1v) is 33.0. The molecule has 0 fully saturated rings. The highest BCUT2D eigenvalue weighted by Gasteiger charge is 2.19. The summed E-state index contributed by atoms with van der Waals surface area (Å²) in [5.41, 5.74) is 0. The molecule has 0 rings (SSSR count). The first-order valence-electron chi connectivity index (χ1n) is 33.0. The minimum atomic E-state index is -0.761. The first kappa shape index (κ1) is 70.4. The summed E-state index contributed by atoms with van der Waals surface area (Å²) >= 11 is 0. The monoisotopic (exact) mass is 1020 g/mol. The first-order chi connectivity index (χ1) is 35.5. The van der Waals surface area contributed by atoms with Crippen LogP contribution in [0.2, 0.25) is 0 Å². The van der Waals surface area contributed by atoms with Gasteiger partial charge in [0.1, 0.15) is 13.2 Å². The van der Waals surface area contributed by atoms with Crippen molar-refractivity contribution in [2.24, 2.45) is 0 Å². The van der Waals surface area contributed by atoms with Crippen LogP contribution < -0.4 is 0 Å². The zero-order valence-corrected chi connectivity index (χ0v) is 49.2. The summed E-state index contributed by atoms with van der Waals surface area (Å²) in [7, 11) is 0. The van der Waals surface area contributed by atoms with E-state index in [-0.39, 0.29) is 31.1 Å². The Morgan fingerprint density at radius 1 is 0.222 bits per heavy atom. The predicted octanol–water partition coefficient (Wildman–Crippen LogP) is 22.3. The molecule has 0 spiro atoms. The number of rotatable bonds is 62. The van der Waals surface area contributed by atoms with E-state index in [9.17, 15) is 14.4 Å². The van der Waals surface area contributed by atoms with Gasteiger partial charge in [0.2, 0.25) is 0 Å². The van der Waals surface area contributed by atoms with E-state index in [0.29, 0.717) is 19.3 Å². The standard InChI is InChI=1S/C66H128O6/c1-4-7-10-13-16-19-22-24-25-26-27-28-29-30-31-32-33-34-35-36-37-38-39-40-41-43-44-47-50-53-56-59-65(68)71-62-63(61-70-64(67)58-55-52-49-46-21-18-15-12-9-6-3)72-66(69)60-57-54-51-48-45-42-23-20-17-14-11-8-5-2/h63H,4-62H2,1-3H3. The topological polar surface area (TPSA) is 78.9 Å². The Kier molecular flexibility index (Phi) is 60.6. The van der Waals surface area contributed by atoms with Crippen LogP contribution in [0, 0.1) is 0 Å². The lowest BCUT2D eigenvalue weighted by atomic mass is 10.0. The smallest absolute Gasteiger partial charge is 0.306 e. The summed E-state index contributed by atoms with van der Waals surface area (Å²) in [6.45, 7) is 6.70. The van der Waals surface area contributed by atoms with Gasteiger partial charge in [-0.3, -0.25) is 14.4 Å². The van der Waals surface area contributed by atoms with Crippen LogP contribution in [0.4, 0.5) is 0 Å². The molecule has 0 N–H and O–H groups in total. The lowest BCUT2D eigenvalue weighted by Gasteiger charge is -2.18. The van der Waals surface area contributed by atoms with Gasteiger partial charge in [-0.2, -0.15) is 0 Å². The van der Waals surface area contributed by atoms with Gasteiger partial charge in [-0.1, -0.05) is 348 Å². The van der Waals surface area contributed by atoms with Crippen LogP contribution in [0.3, 0.4) is 0 Å². The number of hydrogen-bond donors (Lipinski definition) is 0. The van der Waals surface area contributed by atoms with Crippen molar-refractivity contribution in [1.82, 2.24) is 0 Å². The van der Waals surface area contributed by atoms with Gasteiger partial charge in [-0.15, -0.1) is 0 Å². The maximum Gasteiger partial charge on any atom is 0.306 e. The summed E-state index contributed by atoms with van der Waals surface area (Å²) in [5.74, 6) is -0.833. The van der Waals surface area contributed by atoms with Gasteiger partial charge in [0, 0.05) is 19.3 Å². The molecule has 1 unspecified atom stereocenters. The molecule has 1 atom stereocenters. The molecule has 0 radical (unpaired) electrons. The molecule has 0 heterocycles. The molecule has 0 aromatic rings. The fourth-order valence-corrected chi connectivity index (χ4v) is 10.4. The van der Waals surface area contributed by atoms with Gasteiger partial charge in [-0.25, -0.2) is 0 Å². The quantitative estimate of drug-likeness (QED) is 0.0343. The Balaban J connectivity index is 3.98. The van der Waals surface area contributed by atoms with Gasteiger partial charge in [0.05, 0.1) is 0 Å². The van der Waals surface area contributed by atoms with Crippen molar-refractivity contribution in [3.63, 3.8) is 0 Å². The van der Waals surface area contributed by atoms with Crippen molar-refractivity contribution < 1.29 is 28.6 Å². The number of carbonyl (C=O) groups excluding carboxylic acids is 3. The van der Waals surface area contributed by atoms with Crippen LogP contribution in [-0.2, 0) is 28.6 Å². The third-order valence-corrected chi connectivity index (χ3v) is 15.4. The molecule has 0 amide bonds. The van der Waals surface area contributed by atoms with Crippen molar-refractivity contribution in [3.8, 4) is 0 Å². The maximum absolute atomic E-state index is 12.8. The third-order valence-electron chi connectivity index (χ3n) is 15.4. The molecule has 6 nitrogen and oxygen atoms in total. The van der Waals surface area contributed by atoms with E-state index in [0.717, 1.165) is 57.8 Å². The second-order valence-electron chi connectivity index (χ2n) is 22.8. The number of ether oxygens (including phenoxy) is 3. The second kappa shape index (κ2) is 62.0. The summed E-state index contributed by atoms with van der Waals surface area (Å²) in [6.07, 6.45) is 71.5. The van der Waals surface area contributed by atoms with E-state index < -0.39 is 6.10 Å². The van der Waals surface area contributed by atoms with Crippen LogP contribution >= 0.6 is 0 Å². The Hall–Kier alpha value is -1.59. The van der Waals surface area contributed by atoms with Crippen molar-refractivity contribution in [1.29, 1.82) is 0 Å². The lowest BCUT2D eigenvalue weighted by Crippen LogP contribution is -2.30. The van der Waals surface area contributed by atoms with E-state index in [2.05, 4.69) is 20.8 Å². The minimum absolute atomic E-state index is 0.0612. The van der Waals surface area contributed by atoms with E-state index >= 15 is 0 Å². The summed E-state index contributed by atoms with van der Waals surface area (Å²) < 4.78 is 16.9. The molecule has 72 heavy (non-hydrogen) atoms. The zero-order chi connectivity index (χ0) is 52.2. The Morgan fingerprint density at radius 2 is 0.375 bits per heavy atom. The molecular formula is C66H128O6. The van der Waals surface area contributed by atoms with E-state index in [4.69, 9.17) is 14.2 Å².